The zero-order valence-corrected chi connectivity index (χ0v) is 10.2. The molecule has 1 rings (SSSR count). The zero-order chi connectivity index (χ0) is 10.6. The van der Waals surface area contributed by atoms with E-state index in [1.165, 1.54) is 12.8 Å². The lowest BCUT2D eigenvalue weighted by Gasteiger charge is -2.25. The van der Waals surface area contributed by atoms with Crippen molar-refractivity contribution in [2.75, 3.05) is 0 Å². The Morgan fingerprint density at radius 1 is 1.43 bits per heavy atom. The van der Waals surface area contributed by atoms with Crippen molar-refractivity contribution in [3.63, 3.8) is 0 Å². The van der Waals surface area contributed by atoms with Crippen LogP contribution in [0.25, 0.3) is 0 Å². The number of cyclic esters (lactones) is 1. The molecule has 0 bridgehead atoms. The molecule has 2 atom stereocenters. The fraction of sp³-hybridized carbons (Fsp3) is 0.909. The smallest absolute Gasteiger partial charge is 0.320 e. The summed E-state index contributed by atoms with van der Waals surface area (Å²) in [5.74, 6) is -0.0339. The summed E-state index contributed by atoms with van der Waals surface area (Å²) in [4.78, 5) is 11.1. The quantitative estimate of drug-likeness (QED) is 0.521. The van der Waals surface area contributed by atoms with Gasteiger partial charge in [-0.05, 0) is 26.2 Å². The van der Waals surface area contributed by atoms with E-state index in [4.69, 9.17) is 4.74 Å². The molecule has 2 nitrogen and oxygen atoms in total. The number of hydrogen-bond acceptors (Lipinski definition) is 3. The molecule has 0 amide bonds. The maximum Gasteiger partial charge on any atom is 0.320 e. The van der Waals surface area contributed by atoms with Crippen LogP contribution in [0.3, 0.4) is 0 Å². The summed E-state index contributed by atoms with van der Waals surface area (Å²) < 4.78 is 5.48. The van der Waals surface area contributed by atoms with Crippen molar-refractivity contribution in [1.29, 1.82) is 0 Å². The average Bonchev–Trinajstić information content (AvgIpc) is 2.44. The van der Waals surface area contributed by atoms with Crippen molar-refractivity contribution < 1.29 is 9.53 Å². The molecule has 82 valence electrons. The highest BCUT2D eigenvalue weighted by atomic mass is 32.2. The molecule has 1 heterocycles. The van der Waals surface area contributed by atoms with E-state index in [0.29, 0.717) is 0 Å². The highest BCUT2D eigenvalue weighted by molar-refractivity contribution is 8.02. The second-order valence-corrected chi connectivity index (χ2v) is 5.59. The molecule has 3 heteroatoms. The third-order valence-corrected chi connectivity index (χ3v) is 4.26. The monoisotopic (exact) mass is 216 g/mol. The molecule has 0 spiro atoms. The van der Waals surface area contributed by atoms with E-state index in [0.717, 1.165) is 19.3 Å². The Labute approximate surface area is 90.8 Å². The third kappa shape index (κ3) is 2.66. The van der Waals surface area contributed by atoms with Crippen molar-refractivity contribution in [3.8, 4) is 0 Å². The van der Waals surface area contributed by atoms with Gasteiger partial charge in [0, 0.05) is 0 Å². The fourth-order valence-electron chi connectivity index (χ4n) is 1.75. The van der Waals surface area contributed by atoms with E-state index in [1.807, 2.05) is 6.92 Å². The van der Waals surface area contributed by atoms with Crippen LogP contribution in [0.2, 0.25) is 0 Å². The largest absolute Gasteiger partial charge is 0.447 e. The molecule has 0 radical (unpaired) electrons. The summed E-state index contributed by atoms with van der Waals surface area (Å²) in [5, 5.41) is 0.0246. The van der Waals surface area contributed by atoms with E-state index < -0.39 is 0 Å². The fourth-order valence-corrected chi connectivity index (χ4v) is 3.09. The first-order valence-electron chi connectivity index (χ1n) is 5.54. The Hall–Kier alpha value is -0.180. The van der Waals surface area contributed by atoms with Crippen LogP contribution in [-0.2, 0) is 9.53 Å². The topological polar surface area (TPSA) is 26.3 Å². The number of ether oxygens (including phenoxy) is 1. The molecule has 0 saturated carbocycles. The minimum absolute atomic E-state index is 0.0246. The average molecular weight is 216 g/mol. The number of unbranched alkanes of at least 4 members (excludes halogenated alkanes) is 2. The lowest BCUT2D eigenvalue weighted by Crippen LogP contribution is -2.24. The molecule has 1 aliphatic rings. The van der Waals surface area contributed by atoms with Crippen LogP contribution in [-0.4, -0.2) is 16.2 Å². The minimum atomic E-state index is -0.203. The van der Waals surface area contributed by atoms with Gasteiger partial charge in [-0.25, -0.2) is 0 Å². The molecule has 0 N–H and O–H groups in total. The number of rotatable bonds is 5. The Balaban J connectivity index is 2.47. The predicted octanol–water partition coefficient (Wildman–Crippen LogP) is 3.35. The first-order valence-corrected chi connectivity index (χ1v) is 6.42. The standard InChI is InChI=1S/C11H20O2S/c1-4-6-7-8-11(5-2)13-10(12)9(3)14-11/h9H,4-8H2,1-3H3. The lowest BCUT2D eigenvalue weighted by molar-refractivity contribution is -0.148. The SMILES string of the molecule is CCCCCC1(CC)OC(=O)C(C)S1. The van der Waals surface area contributed by atoms with Crippen LogP contribution < -0.4 is 0 Å². The summed E-state index contributed by atoms with van der Waals surface area (Å²) in [6.45, 7) is 6.23. The Morgan fingerprint density at radius 3 is 2.57 bits per heavy atom. The Kier molecular flexibility index (Phi) is 4.30. The molecular weight excluding hydrogens is 196 g/mol. The van der Waals surface area contributed by atoms with Gasteiger partial charge >= 0.3 is 5.97 Å². The van der Waals surface area contributed by atoms with E-state index in [2.05, 4.69) is 13.8 Å². The van der Waals surface area contributed by atoms with Crippen LogP contribution >= 0.6 is 11.8 Å². The van der Waals surface area contributed by atoms with Gasteiger partial charge in [-0.1, -0.05) is 38.5 Å². The first-order chi connectivity index (χ1) is 6.63. The number of carbonyl (C=O) groups excluding carboxylic acids is 1. The lowest BCUT2D eigenvalue weighted by atomic mass is 10.1. The first kappa shape index (κ1) is 11.9. The van der Waals surface area contributed by atoms with E-state index in [1.54, 1.807) is 11.8 Å². The van der Waals surface area contributed by atoms with Crippen LogP contribution in [0.15, 0.2) is 0 Å². The molecule has 1 fully saturated rings. The molecule has 1 saturated heterocycles. The number of esters is 1. The molecule has 1 aliphatic heterocycles. The zero-order valence-electron chi connectivity index (χ0n) is 9.34. The number of thioether (sulfide) groups is 1. The summed E-state index contributed by atoms with van der Waals surface area (Å²) in [6, 6.07) is 0. The van der Waals surface area contributed by atoms with Crippen LogP contribution in [0.4, 0.5) is 0 Å². The van der Waals surface area contributed by atoms with Gasteiger partial charge in [0.2, 0.25) is 0 Å². The van der Waals surface area contributed by atoms with Crippen LogP contribution in [0.5, 0.6) is 0 Å². The van der Waals surface area contributed by atoms with E-state index in [9.17, 15) is 4.79 Å². The molecule has 0 aromatic carbocycles. The molecule has 0 aliphatic carbocycles. The molecule has 14 heavy (non-hydrogen) atoms. The highest BCUT2D eigenvalue weighted by Crippen LogP contribution is 2.44. The van der Waals surface area contributed by atoms with Gasteiger partial charge in [0.1, 0.15) is 5.25 Å². The van der Waals surface area contributed by atoms with Crippen LogP contribution in [0, 0.1) is 0 Å². The van der Waals surface area contributed by atoms with Gasteiger partial charge in [0.05, 0.1) is 0 Å². The summed E-state index contributed by atoms with van der Waals surface area (Å²) in [7, 11) is 0. The maximum atomic E-state index is 11.3. The van der Waals surface area contributed by atoms with Gasteiger partial charge in [-0.15, -0.1) is 0 Å². The maximum absolute atomic E-state index is 11.3. The van der Waals surface area contributed by atoms with Crippen molar-refractivity contribution in [2.24, 2.45) is 0 Å². The summed E-state index contributed by atoms with van der Waals surface area (Å²) in [5.41, 5.74) is 0. The highest BCUT2D eigenvalue weighted by Gasteiger charge is 2.43. The van der Waals surface area contributed by atoms with E-state index >= 15 is 0 Å². The number of carbonyl (C=O) groups is 1. The van der Waals surface area contributed by atoms with Crippen molar-refractivity contribution in [3.05, 3.63) is 0 Å². The summed E-state index contributed by atoms with van der Waals surface area (Å²) in [6.07, 6.45) is 5.55. The predicted molar refractivity (Wildman–Crippen MR) is 60.3 cm³/mol. The van der Waals surface area contributed by atoms with Crippen molar-refractivity contribution in [2.45, 2.75) is 63.1 Å². The van der Waals surface area contributed by atoms with Gasteiger partial charge in [-0.2, -0.15) is 0 Å². The minimum Gasteiger partial charge on any atom is -0.447 e. The number of hydrogen-bond donors (Lipinski definition) is 0. The third-order valence-electron chi connectivity index (χ3n) is 2.71. The normalized spacial score (nSPS) is 31.9. The summed E-state index contributed by atoms with van der Waals surface area (Å²) >= 11 is 1.70. The van der Waals surface area contributed by atoms with Crippen molar-refractivity contribution >= 4 is 17.7 Å². The molecule has 2 unspecified atom stereocenters. The second kappa shape index (κ2) is 5.06. The molecular formula is C11H20O2S. The van der Waals surface area contributed by atoms with E-state index in [-0.39, 0.29) is 16.2 Å². The Morgan fingerprint density at radius 2 is 2.14 bits per heavy atom. The van der Waals surface area contributed by atoms with Gasteiger partial charge < -0.3 is 4.74 Å². The molecule has 0 aromatic rings. The van der Waals surface area contributed by atoms with Gasteiger partial charge in [-0.3, -0.25) is 4.79 Å². The Bertz CT molecular complexity index is 205. The van der Waals surface area contributed by atoms with Crippen molar-refractivity contribution in [1.82, 2.24) is 0 Å². The molecule has 0 aromatic heterocycles. The van der Waals surface area contributed by atoms with Gasteiger partial charge in [0.15, 0.2) is 4.93 Å². The second-order valence-electron chi connectivity index (χ2n) is 3.90. The van der Waals surface area contributed by atoms with Crippen LogP contribution in [0.1, 0.15) is 52.9 Å². The van der Waals surface area contributed by atoms with Gasteiger partial charge in [0.25, 0.3) is 0 Å².